The van der Waals surface area contributed by atoms with Gasteiger partial charge in [0, 0.05) is 32.3 Å². The van der Waals surface area contributed by atoms with Crippen molar-refractivity contribution in [1.29, 1.82) is 0 Å². The zero-order valence-corrected chi connectivity index (χ0v) is 12.8. The van der Waals surface area contributed by atoms with Crippen LogP contribution in [0.1, 0.15) is 17.9 Å². The summed E-state index contributed by atoms with van der Waals surface area (Å²) in [6.07, 6.45) is -2.91. The molecule has 1 saturated heterocycles. The molecule has 23 heavy (non-hydrogen) atoms. The monoisotopic (exact) mass is 347 g/mol. The molecule has 1 unspecified atom stereocenters. The number of aromatic nitrogens is 3. The van der Waals surface area contributed by atoms with Crippen molar-refractivity contribution in [2.24, 2.45) is 0 Å². The molecule has 3 rings (SSSR count). The summed E-state index contributed by atoms with van der Waals surface area (Å²) in [5.41, 5.74) is -0.860. The lowest BCUT2D eigenvalue weighted by Gasteiger charge is -2.19. The molecule has 1 fully saturated rings. The van der Waals surface area contributed by atoms with Gasteiger partial charge in [-0.15, -0.1) is 5.10 Å². The van der Waals surface area contributed by atoms with Gasteiger partial charge in [0.1, 0.15) is 5.82 Å². The quantitative estimate of drug-likeness (QED) is 0.920. The van der Waals surface area contributed by atoms with Crippen LogP contribution in [0.25, 0.3) is 0 Å². The first-order chi connectivity index (χ1) is 10.8. The SMILES string of the molecule is Cc1nnc(NC2CCN(c3ncc(C(F)(F)F)cc3Cl)C2)o1. The van der Waals surface area contributed by atoms with Crippen molar-refractivity contribution < 1.29 is 17.6 Å². The topological polar surface area (TPSA) is 67.1 Å². The van der Waals surface area contributed by atoms with Gasteiger partial charge < -0.3 is 14.6 Å². The molecule has 0 aromatic carbocycles. The maximum atomic E-state index is 12.6. The van der Waals surface area contributed by atoms with E-state index in [0.29, 0.717) is 30.8 Å². The van der Waals surface area contributed by atoms with Crippen LogP contribution in [0.5, 0.6) is 0 Å². The zero-order chi connectivity index (χ0) is 16.6. The fourth-order valence-corrected chi connectivity index (χ4v) is 2.70. The Balaban J connectivity index is 1.69. The van der Waals surface area contributed by atoms with Gasteiger partial charge in [-0.3, -0.25) is 0 Å². The smallest absolute Gasteiger partial charge is 0.408 e. The first-order valence-electron chi connectivity index (χ1n) is 6.87. The Morgan fingerprint density at radius 1 is 1.39 bits per heavy atom. The molecule has 0 bridgehead atoms. The van der Waals surface area contributed by atoms with Crippen molar-refractivity contribution in [2.45, 2.75) is 25.6 Å². The van der Waals surface area contributed by atoms with Gasteiger partial charge in [0.05, 0.1) is 10.6 Å². The van der Waals surface area contributed by atoms with Crippen molar-refractivity contribution in [3.8, 4) is 0 Å². The first-order valence-corrected chi connectivity index (χ1v) is 7.25. The summed E-state index contributed by atoms with van der Waals surface area (Å²) < 4.78 is 43.2. The summed E-state index contributed by atoms with van der Waals surface area (Å²) in [4.78, 5) is 5.69. The summed E-state index contributed by atoms with van der Waals surface area (Å²) in [5, 5.41) is 10.6. The average Bonchev–Trinajstić information content (AvgIpc) is 3.07. The molecule has 1 aliphatic heterocycles. The second-order valence-electron chi connectivity index (χ2n) is 5.23. The normalized spacial score (nSPS) is 18.5. The van der Waals surface area contributed by atoms with Crippen LogP contribution in [-0.2, 0) is 6.18 Å². The highest BCUT2D eigenvalue weighted by Gasteiger charge is 2.33. The molecular weight excluding hydrogens is 335 g/mol. The second-order valence-corrected chi connectivity index (χ2v) is 5.64. The van der Waals surface area contributed by atoms with E-state index in [9.17, 15) is 13.2 Å². The Hall–Kier alpha value is -2.03. The third-order valence-corrected chi connectivity index (χ3v) is 3.77. The van der Waals surface area contributed by atoms with Crippen molar-refractivity contribution in [1.82, 2.24) is 15.2 Å². The third-order valence-electron chi connectivity index (χ3n) is 3.49. The highest BCUT2D eigenvalue weighted by atomic mass is 35.5. The predicted octanol–water partition coefficient (Wildman–Crippen LogP) is 3.14. The van der Waals surface area contributed by atoms with Gasteiger partial charge in [0.2, 0.25) is 5.89 Å². The minimum atomic E-state index is -4.46. The van der Waals surface area contributed by atoms with Gasteiger partial charge in [-0.05, 0) is 12.5 Å². The van der Waals surface area contributed by atoms with Crippen LogP contribution in [-0.4, -0.2) is 34.3 Å². The molecule has 0 saturated carbocycles. The van der Waals surface area contributed by atoms with Crippen LogP contribution in [0.3, 0.4) is 0 Å². The lowest BCUT2D eigenvalue weighted by Crippen LogP contribution is -2.27. The molecule has 0 spiro atoms. The van der Waals surface area contributed by atoms with Crippen molar-refractivity contribution in [2.75, 3.05) is 23.3 Å². The molecule has 124 valence electrons. The third kappa shape index (κ3) is 3.49. The molecule has 1 N–H and O–H groups in total. The van der Waals surface area contributed by atoms with Gasteiger partial charge >= 0.3 is 12.2 Å². The number of aryl methyl sites for hydroxylation is 1. The van der Waals surface area contributed by atoms with Crippen LogP contribution in [0.4, 0.5) is 25.0 Å². The predicted molar refractivity (Wildman–Crippen MR) is 77.5 cm³/mol. The van der Waals surface area contributed by atoms with E-state index in [1.54, 1.807) is 6.92 Å². The average molecular weight is 348 g/mol. The lowest BCUT2D eigenvalue weighted by molar-refractivity contribution is -0.137. The maximum absolute atomic E-state index is 12.6. The van der Waals surface area contributed by atoms with E-state index in [1.165, 1.54) is 0 Å². The Morgan fingerprint density at radius 3 is 2.78 bits per heavy atom. The number of nitrogens with one attached hydrogen (secondary N) is 1. The van der Waals surface area contributed by atoms with E-state index in [4.69, 9.17) is 16.0 Å². The Kier molecular flexibility index (Phi) is 4.05. The van der Waals surface area contributed by atoms with Crippen LogP contribution >= 0.6 is 11.6 Å². The maximum Gasteiger partial charge on any atom is 0.417 e. The second kappa shape index (κ2) is 5.88. The molecule has 1 atom stereocenters. The van der Waals surface area contributed by atoms with Crippen LogP contribution in [0, 0.1) is 6.92 Å². The molecule has 0 radical (unpaired) electrons. The van der Waals surface area contributed by atoms with Crippen LogP contribution in [0.2, 0.25) is 5.02 Å². The number of nitrogens with zero attached hydrogens (tertiary/aromatic N) is 4. The summed E-state index contributed by atoms with van der Waals surface area (Å²) in [6.45, 7) is 2.83. The highest BCUT2D eigenvalue weighted by molar-refractivity contribution is 6.33. The van der Waals surface area contributed by atoms with E-state index in [2.05, 4.69) is 20.5 Å². The van der Waals surface area contributed by atoms with Gasteiger partial charge in [-0.2, -0.15) is 13.2 Å². The van der Waals surface area contributed by atoms with Crippen molar-refractivity contribution in [3.63, 3.8) is 0 Å². The Bertz CT molecular complexity index is 705. The summed E-state index contributed by atoms with van der Waals surface area (Å²) in [6, 6.07) is 1.24. The minimum absolute atomic E-state index is 0.0193. The molecule has 2 aromatic rings. The minimum Gasteiger partial charge on any atom is -0.408 e. The number of alkyl halides is 3. The molecule has 10 heteroatoms. The number of rotatable bonds is 3. The highest BCUT2D eigenvalue weighted by Crippen LogP contribution is 2.34. The summed E-state index contributed by atoms with van der Waals surface area (Å²) >= 11 is 5.96. The Labute approximate surface area is 134 Å². The van der Waals surface area contributed by atoms with Gasteiger partial charge in [-0.25, -0.2) is 4.98 Å². The fourth-order valence-electron chi connectivity index (χ4n) is 2.42. The van der Waals surface area contributed by atoms with Crippen molar-refractivity contribution in [3.05, 3.63) is 28.7 Å². The molecule has 3 heterocycles. The number of hydrogen-bond donors (Lipinski definition) is 1. The zero-order valence-electron chi connectivity index (χ0n) is 12.1. The lowest BCUT2D eigenvalue weighted by atomic mass is 10.2. The molecule has 0 aliphatic carbocycles. The van der Waals surface area contributed by atoms with Crippen LogP contribution < -0.4 is 10.2 Å². The van der Waals surface area contributed by atoms with Gasteiger partial charge in [-0.1, -0.05) is 16.7 Å². The van der Waals surface area contributed by atoms with E-state index >= 15 is 0 Å². The Morgan fingerprint density at radius 2 is 2.17 bits per heavy atom. The number of anilines is 2. The molecule has 1 aliphatic rings. The van der Waals surface area contributed by atoms with E-state index < -0.39 is 11.7 Å². The van der Waals surface area contributed by atoms with E-state index in [0.717, 1.165) is 18.7 Å². The van der Waals surface area contributed by atoms with Gasteiger partial charge in [0.15, 0.2) is 0 Å². The first kappa shape index (κ1) is 15.9. The molecule has 2 aromatic heterocycles. The van der Waals surface area contributed by atoms with Crippen LogP contribution in [0.15, 0.2) is 16.7 Å². The van der Waals surface area contributed by atoms with E-state index in [-0.39, 0.29) is 11.1 Å². The largest absolute Gasteiger partial charge is 0.417 e. The molecule has 0 amide bonds. The van der Waals surface area contributed by atoms with Gasteiger partial charge in [0.25, 0.3) is 0 Å². The summed E-state index contributed by atoms with van der Waals surface area (Å²) in [7, 11) is 0. The molecule has 6 nitrogen and oxygen atoms in total. The summed E-state index contributed by atoms with van der Waals surface area (Å²) in [5.74, 6) is 0.792. The van der Waals surface area contributed by atoms with E-state index in [1.807, 2.05) is 4.90 Å². The van der Waals surface area contributed by atoms with Crippen molar-refractivity contribution >= 4 is 23.4 Å². The molecular formula is C13H13ClF3N5O. The fraction of sp³-hybridized carbons (Fsp3) is 0.462. The number of hydrogen-bond acceptors (Lipinski definition) is 6. The number of halogens is 4. The standard InChI is InChI=1S/C13H13ClF3N5O/c1-7-20-21-12(23-7)19-9-2-3-22(6-9)11-10(14)4-8(5-18-11)13(15,16)17/h4-5,9H,2-3,6H2,1H3,(H,19,21). The number of pyridine rings is 1.